The molecule has 12 nitrogen and oxygen atoms in total. The molecule has 0 atom stereocenters. The van der Waals surface area contributed by atoms with Crippen LogP contribution in [-0.4, -0.2) is 41.9 Å². The van der Waals surface area contributed by atoms with Gasteiger partial charge in [0.1, 0.15) is 12.2 Å². The quantitative estimate of drug-likeness (QED) is 0.402. The molecule has 2 aromatic rings. The van der Waals surface area contributed by atoms with Crippen molar-refractivity contribution in [3.8, 4) is 0 Å². The molecule has 2 aromatic heterocycles. The lowest BCUT2D eigenvalue weighted by Gasteiger charge is -2.06. The Balaban J connectivity index is 1.92. The molecule has 1 N–H and O–H groups in total. The van der Waals surface area contributed by atoms with Gasteiger partial charge in [-0.25, -0.2) is 0 Å². The maximum atomic E-state index is 12.0. The van der Waals surface area contributed by atoms with E-state index in [9.17, 15) is 25.0 Å². The van der Waals surface area contributed by atoms with Gasteiger partial charge in [-0.15, -0.1) is 0 Å². The largest absolute Gasteiger partial charge is 0.468 e. The Morgan fingerprint density at radius 1 is 1.11 bits per heavy atom. The zero-order chi connectivity index (χ0) is 20.3. The molecule has 146 valence electrons. The van der Waals surface area contributed by atoms with Crippen LogP contribution in [0.4, 0.5) is 11.5 Å². The first-order valence-corrected chi connectivity index (χ1v) is 8.33. The van der Waals surface area contributed by atoms with E-state index in [0.717, 1.165) is 16.1 Å². The van der Waals surface area contributed by atoms with Crippen LogP contribution >= 0.6 is 11.6 Å². The van der Waals surface area contributed by atoms with Crippen LogP contribution in [0.25, 0.3) is 0 Å². The summed E-state index contributed by atoms with van der Waals surface area (Å²) in [6, 6.07) is 0. The van der Waals surface area contributed by atoms with E-state index < -0.39 is 27.3 Å². The van der Waals surface area contributed by atoms with Gasteiger partial charge in [-0.1, -0.05) is 11.6 Å². The van der Waals surface area contributed by atoms with E-state index >= 15 is 0 Å². The number of nitrogens with zero attached hydrogens (tertiary/aromatic N) is 6. The number of carbonyl (C=O) groups is 1. The van der Waals surface area contributed by atoms with Crippen molar-refractivity contribution >= 4 is 29.0 Å². The summed E-state index contributed by atoms with van der Waals surface area (Å²) in [4.78, 5) is 32.0. The fourth-order valence-corrected chi connectivity index (χ4v) is 2.69. The van der Waals surface area contributed by atoms with Crippen molar-refractivity contribution in [1.29, 1.82) is 0 Å². The van der Waals surface area contributed by atoms with E-state index in [2.05, 4.69) is 15.5 Å². The smallest absolute Gasteiger partial charge is 0.358 e. The molecule has 0 saturated carbocycles. The lowest BCUT2D eigenvalue weighted by Crippen LogP contribution is -2.29. The van der Waals surface area contributed by atoms with Gasteiger partial charge in [0.15, 0.2) is 0 Å². The van der Waals surface area contributed by atoms with Gasteiger partial charge in [-0.3, -0.25) is 19.6 Å². The molecule has 0 aliphatic carbocycles. The van der Waals surface area contributed by atoms with Crippen molar-refractivity contribution < 1.29 is 14.6 Å². The number of hydrogen-bond acceptors (Lipinski definition) is 7. The highest BCUT2D eigenvalue weighted by atomic mass is 35.5. The second-order valence-electron chi connectivity index (χ2n) is 5.84. The third-order valence-electron chi connectivity index (χ3n) is 3.97. The zero-order valence-electron chi connectivity index (χ0n) is 14.9. The summed E-state index contributed by atoms with van der Waals surface area (Å²) in [5.41, 5.74) is 0.802. The Hall–Kier alpha value is -3.02. The summed E-state index contributed by atoms with van der Waals surface area (Å²) >= 11 is 6.07. The molecule has 0 saturated heterocycles. The van der Waals surface area contributed by atoms with Crippen molar-refractivity contribution in [2.45, 2.75) is 40.3 Å². The number of aryl methyl sites for hydroxylation is 2. The van der Waals surface area contributed by atoms with Crippen molar-refractivity contribution in [2.75, 3.05) is 6.54 Å². The van der Waals surface area contributed by atoms with Gasteiger partial charge in [0.05, 0.1) is 26.4 Å². The van der Waals surface area contributed by atoms with Gasteiger partial charge in [0.25, 0.3) is 0 Å². The number of nitrogens with one attached hydrogen (secondary N) is 1. The number of aromatic nitrogens is 4. The average molecular weight is 400 g/mol. The molecule has 0 radical (unpaired) electrons. The summed E-state index contributed by atoms with van der Waals surface area (Å²) in [6.45, 7) is 5.49. The number of hydrogen-bond donors (Lipinski definition) is 1. The first-order chi connectivity index (χ1) is 12.6. The van der Waals surface area contributed by atoms with E-state index in [0.29, 0.717) is 24.5 Å². The normalized spacial score (nSPS) is 10.8. The van der Waals surface area contributed by atoms with Gasteiger partial charge < -0.3 is 15.4 Å². The number of nitro groups is 2. The highest BCUT2D eigenvalue weighted by molar-refractivity contribution is 6.31. The minimum absolute atomic E-state index is 0.0564. The Bertz CT molecular complexity index is 904. The summed E-state index contributed by atoms with van der Waals surface area (Å²) < 4.78 is 2.70. The lowest BCUT2D eigenvalue weighted by molar-refractivity contribution is -0.424. The van der Waals surface area contributed by atoms with Crippen LogP contribution in [0.2, 0.25) is 5.02 Å². The standard InChI is InChI=1S/C14H18ClN7O5/c1-8-12(15)9(2)19(17-8)6-4-5-16-11(23)7-20-10(3)13(21(24)25)14(18-20)22(26)27/h4-7H2,1-3H3,(H,16,23). The molecule has 2 heterocycles. The maximum Gasteiger partial charge on any atom is 0.468 e. The van der Waals surface area contributed by atoms with Crippen LogP contribution in [0.3, 0.4) is 0 Å². The van der Waals surface area contributed by atoms with Gasteiger partial charge in [0, 0.05) is 13.1 Å². The SMILES string of the molecule is Cc1nn(CCCNC(=O)Cn2nc([N+](=O)[O-])c([N+](=O)[O-])c2C)c(C)c1Cl. The Morgan fingerprint density at radius 2 is 1.78 bits per heavy atom. The van der Waals surface area contributed by atoms with Gasteiger partial charge in [-0.2, -0.15) is 9.78 Å². The summed E-state index contributed by atoms with van der Waals surface area (Å²) in [6.07, 6.45) is 0.586. The minimum atomic E-state index is -0.945. The maximum absolute atomic E-state index is 12.0. The Morgan fingerprint density at radius 3 is 2.26 bits per heavy atom. The Kier molecular flexibility index (Phi) is 6.10. The number of amides is 1. The molecule has 0 bridgehead atoms. The van der Waals surface area contributed by atoms with Crippen LogP contribution in [0.15, 0.2) is 0 Å². The average Bonchev–Trinajstić information content (AvgIpc) is 3.04. The van der Waals surface area contributed by atoms with Crippen LogP contribution in [0.1, 0.15) is 23.5 Å². The summed E-state index contributed by atoms with van der Waals surface area (Å²) in [5, 5.41) is 32.9. The van der Waals surface area contributed by atoms with E-state index in [4.69, 9.17) is 11.6 Å². The summed E-state index contributed by atoms with van der Waals surface area (Å²) in [7, 11) is 0. The van der Waals surface area contributed by atoms with Crippen LogP contribution < -0.4 is 5.32 Å². The lowest BCUT2D eigenvalue weighted by atomic mass is 10.3. The van der Waals surface area contributed by atoms with E-state index in [1.165, 1.54) is 6.92 Å². The molecule has 1 amide bonds. The molecule has 0 unspecified atom stereocenters. The third kappa shape index (κ3) is 4.39. The van der Waals surface area contributed by atoms with Gasteiger partial charge >= 0.3 is 11.5 Å². The van der Waals surface area contributed by atoms with Gasteiger partial charge in [-0.05, 0) is 32.1 Å². The first-order valence-electron chi connectivity index (χ1n) is 7.95. The van der Waals surface area contributed by atoms with E-state index in [-0.39, 0.29) is 12.2 Å². The van der Waals surface area contributed by atoms with Crippen LogP contribution in [0.5, 0.6) is 0 Å². The second kappa shape index (κ2) is 8.12. The van der Waals surface area contributed by atoms with E-state index in [1.54, 1.807) is 11.6 Å². The van der Waals surface area contributed by atoms with Crippen LogP contribution in [0, 0.1) is 41.0 Å². The molecule has 0 fully saturated rings. The topological polar surface area (TPSA) is 151 Å². The molecule has 13 heteroatoms. The predicted molar refractivity (Wildman–Crippen MR) is 94.6 cm³/mol. The van der Waals surface area contributed by atoms with Gasteiger partial charge in [0.2, 0.25) is 5.91 Å². The van der Waals surface area contributed by atoms with Crippen molar-refractivity contribution in [1.82, 2.24) is 24.9 Å². The number of rotatable bonds is 8. The highest BCUT2D eigenvalue weighted by Gasteiger charge is 2.35. The van der Waals surface area contributed by atoms with Crippen molar-refractivity contribution in [3.05, 3.63) is 42.3 Å². The fraction of sp³-hybridized carbons (Fsp3) is 0.500. The highest BCUT2D eigenvalue weighted by Crippen LogP contribution is 2.28. The number of halogens is 1. The molecule has 2 rings (SSSR count). The molecular weight excluding hydrogens is 382 g/mol. The number of carbonyl (C=O) groups excluding carboxylic acids is 1. The molecule has 0 aliphatic heterocycles. The first kappa shape index (κ1) is 20.3. The second-order valence-corrected chi connectivity index (χ2v) is 6.22. The summed E-state index contributed by atoms with van der Waals surface area (Å²) in [5.74, 6) is -1.34. The molecular formula is C14H18ClN7O5. The molecule has 0 aromatic carbocycles. The zero-order valence-corrected chi connectivity index (χ0v) is 15.7. The molecule has 0 spiro atoms. The van der Waals surface area contributed by atoms with E-state index in [1.807, 2.05) is 6.92 Å². The van der Waals surface area contributed by atoms with Crippen LogP contribution in [-0.2, 0) is 17.9 Å². The van der Waals surface area contributed by atoms with Crippen molar-refractivity contribution in [2.24, 2.45) is 0 Å². The minimum Gasteiger partial charge on any atom is -0.358 e. The Labute approximate surface area is 158 Å². The third-order valence-corrected chi connectivity index (χ3v) is 4.52. The monoisotopic (exact) mass is 399 g/mol. The fourth-order valence-electron chi connectivity index (χ4n) is 2.55. The molecule has 0 aliphatic rings. The van der Waals surface area contributed by atoms with Crippen molar-refractivity contribution in [3.63, 3.8) is 0 Å². The predicted octanol–water partition coefficient (Wildman–Crippen LogP) is 1.68. The molecule has 27 heavy (non-hydrogen) atoms.